The molecule has 102 valence electrons. The van der Waals surface area contributed by atoms with Crippen molar-refractivity contribution < 1.29 is 8.42 Å². The first-order chi connectivity index (χ1) is 8.93. The van der Waals surface area contributed by atoms with E-state index in [9.17, 15) is 8.42 Å². The van der Waals surface area contributed by atoms with Crippen LogP contribution in [0.4, 0.5) is 5.69 Å². The molecule has 1 aromatic rings. The van der Waals surface area contributed by atoms with Crippen LogP contribution < -0.4 is 5.32 Å². The predicted octanol–water partition coefficient (Wildman–Crippen LogP) is 2.33. The molecule has 2 atom stereocenters. The zero-order valence-corrected chi connectivity index (χ0v) is 12.6. The van der Waals surface area contributed by atoms with E-state index >= 15 is 0 Å². The first-order valence-electron chi connectivity index (χ1n) is 5.91. The van der Waals surface area contributed by atoms with Crippen LogP contribution in [0, 0.1) is 6.92 Å². The summed E-state index contributed by atoms with van der Waals surface area (Å²) >= 11 is 7.48. The molecule has 1 fully saturated rings. The number of nitrogens with one attached hydrogen (secondary N) is 1. The number of fused-ring (bicyclic) bond motifs is 1. The van der Waals surface area contributed by atoms with Crippen LogP contribution in [0.15, 0.2) is 23.2 Å². The number of aryl methyl sites for hydroxylation is 1. The van der Waals surface area contributed by atoms with Crippen LogP contribution in [-0.4, -0.2) is 36.4 Å². The normalized spacial score (nSPS) is 28.0. The largest absolute Gasteiger partial charge is 0.335 e. The SMILES string of the molecule is Cc1ccc(Cl)cc1NC1=NC2CS(=O)(=O)CC2S1. The molecule has 0 aromatic heterocycles. The number of rotatable bonds is 1. The molecule has 1 aromatic carbocycles. The number of hydrogen-bond acceptors (Lipinski definition) is 5. The van der Waals surface area contributed by atoms with Crippen LogP contribution in [0.5, 0.6) is 0 Å². The van der Waals surface area contributed by atoms with Gasteiger partial charge in [-0.25, -0.2) is 8.42 Å². The van der Waals surface area contributed by atoms with E-state index in [0.29, 0.717) is 5.02 Å². The van der Waals surface area contributed by atoms with Crippen molar-refractivity contribution in [1.29, 1.82) is 0 Å². The molecule has 0 bridgehead atoms. The molecular weight excluding hydrogens is 304 g/mol. The van der Waals surface area contributed by atoms with E-state index in [4.69, 9.17) is 11.6 Å². The summed E-state index contributed by atoms with van der Waals surface area (Å²) in [5.41, 5.74) is 2.00. The summed E-state index contributed by atoms with van der Waals surface area (Å²) in [6.45, 7) is 1.99. The van der Waals surface area contributed by atoms with Crippen molar-refractivity contribution in [3.05, 3.63) is 28.8 Å². The van der Waals surface area contributed by atoms with Crippen LogP contribution >= 0.6 is 23.4 Å². The first-order valence-corrected chi connectivity index (χ1v) is 8.99. The molecule has 2 heterocycles. The number of sulfone groups is 1. The summed E-state index contributed by atoms with van der Waals surface area (Å²) in [5, 5.41) is 4.76. The Morgan fingerprint density at radius 2 is 2.21 bits per heavy atom. The van der Waals surface area contributed by atoms with Crippen molar-refractivity contribution >= 4 is 44.1 Å². The number of amidine groups is 1. The van der Waals surface area contributed by atoms with E-state index in [-0.39, 0.29) is 22.8 Å². The lowest BCUT2D eigenvalue weighted by atomic mass is 10.2. The zero-order chi connectivity index (χ0) is 13.6. The Labute approximate surface area is 121 Å². The third kappa shape index (κ3) is 2.75. The van der Waals surface area contributed by atoms with E-state index in [0.717, 1.165) is 16.4 Å². The number of aliphatic imine (C=N–C) groups is 1. The fraction of sp³-hybridized carbons (Fsp3) is 0.417. The van der Waals surface area contributed by atoms with Crippen molar-refractivity contribution in [3.63, 3.8) is 0 Å². The van der Waals surface area contributed by atoms with Gasteiger partial charge in [0.05, 0.1) is 17.5 Å². The summed E-state index contributed by atoms with van der Waals surface area (Å²) < 4.78 is 23.0. The Bertz CT molecular complexity index is 658. The highest BCUT2D eigenvalue weighted by Gasteiger charge is 2.42. The van der Waals surface area contributed by atoms with Crippen LogP contribution in [0.25, 0.3) is 0 Å². The zero-order valence-electron chi connectivity index (χ0n) is 10.3. The van der Waals surface area contributed by atoms with Crippen LogP contribution in [0.1, 0.15) is 5.56 Å². The third-order valence-corrected chi connectivity index (χ3v) is 6.64. The molecule has 2 aliphatic rings. The van der Waals surface area contributed by atoms with Crippen LogP contribution in [-0.2, 0) is 9.84 Å². The summed E-state index contributed by atoms with van der Waals surface area (Å²) in [6.07, 6.45) is 0. The van der Waals surface area contributed by atoms with Gasteiger partial charge in [0, 0.05) is 16.0 Å². The maximum atomic E-state index is 11.5. The molecule has 0 saturated carbocycles. The van der Waals surface area contributed by atoms with Crippen molar-refractivity contribution in [3.8, 4) is 0 Å². The van der Waals surface area contributed by atoms with Gasteiger partial charge >= 0.3 is 0 Å². The average Bonchev–Trinajstić information content (AvgIpc) is 2.76. The van der Waals surface area contributed by atoms with E-state index in [1.54, 1.807) is 0 Å². The molecular formula is C12H13ClN2O2S2. The lowest BCUT2D eigenvalue weighted by Gasteiger charge is -2.09. The van der Waals surface area contributed by atoms with Crippen molar-refractivity contribution in [1.82, 2.24) is 0 Å². The second kappa shape index (κ2) is 4.68. The van der Waals surface area contributed by atoms with Gasteiger partial charge in [-0.3, -0.25) is 4.99 Å². The van der Waals surface area contributed by atoms with Crippen molar-refractivity contribution in [2.24, 2.45) is 4.99 Å². The molecule has 0 spiro atoms. The molecule has 1 N–H and O–H groups in total. The van der Waals surface area contributed by atoms with Crippen molar-refractivity contribution in [2.75, 3.05) is 16.8 Å². The molecule has 1 saturated heterocycles. The number of hydrogen-bond donors (Lipinski definition) is 1. The molecule has 0 aliphatic carbocycles. The summed E-state index contributed by atoms with van der Waals surface area (Å²) in [4.78, 5) is 4.46. The van der Waals surface area contributed by atoms with Crippen molar-refractivity contribution in [2.45, 2.75) is 18.2 Å². The van der Waals surface area contributed by atoms with E-state index in [1.807, 2.05) is 25.1 Å². The molecule has 19 heavy (non-hydrogen) atoms. The van der Waals surface area contributed by atoms with Gasteiger partial charge in [-0.1, -0.05) is 29.4 Å². The Balaban J connectivity index is 1.78. The highest BCUT2D eigenvalue weighted by Crippen LogP contribution is 2.35. The van der Waals surface area contributed by atoms with Gasteiger partial charge in [0.15, 0.2) is 15.0 Å². The van der Waals surface area contributed by atoms with E-state index < -0.39 is 9.84 Å². The van der Waals surface area contributed by atoms with Gasteiger partial charge in [-0.2, -0.15) is 0 Å². The van der Waals surface area contributed by atoms with Crippen LogP contribution in [0.2, 0.25) is 5.02 Å². The quantitative estimate of drug-likeness (QED) is 0.864. The van der Waals surface area contributed by atoms with Gasteiger partial charge in [-0.05, 0) is 24.6 Å². The monoisotopic (exact) mass is 316 g/mol. The van der Waals surface area contributed by atoms with E-state index in [1.165, 1.54) is 11.8 Å². The lowest BCUT2D eigenvalue weighted by Crippen LogP contribution is -2.13. The third-order valence-electron chi connectivity index (χ3n) is 3.26. The minimum absolute atomic E-state index is 0.0620. The number of anilines is 1. The smallest absolute Gasteiger partial charge is 0.161 e. The second-order valence-electron chi connectivity index (χ2n) is 4.82. The molecule has 3 rings (SSSR count). The molecule has 2 unspecified atom stereocenters. The van der Waals surface area contributed by atoms with Gasteiger partial charge in [0.1, 0.15) is 0 Å². The highest BCUT2D eigenvalue weighted by atomic mass is 35.5. The number of nitrogens with zero attached hydrogens (tertiary/aromatic N) is 1. The fourth-order valence-electron chi connectivity index (χ4n) is 2.26. The Hall–Kier alpha value is -0.720. The summed E-state index contributed by atoms with van der Waals surface area (Å²) in [7, 11) is -2.89. The van der Waals surface area contributed by atoms with Gasteiger partial charge in [0.2, 0.25) is 0 Å². The second-order valence-corrected chi connectivity index (χ2v) is 8.64. The number of benzene rings is 1. The standard InChI is InChI=1S/C12H13ClN2O2S2/c1-7-2-3-8(13)4-9(7)14-12-15-10-5-19(16,17)6-11(10)18-12/h2-4,10-11H,5-6H2,1H3,(H,14,15). The molecule has 4 nitrogen and oxygen atoms in total. The van der Waals surface area contributed by atoms with Gasteiger partial charge in [-0.15, -0.1) is 0 Å². The molecule has 2 aliphatic heterocycles. The minimum Gasteiger partial charge on any atom is -0.335 e. The van der Waals surface area contributed by atoms with Gasteiger partial charge < -0.3 is 5.32 Å². The van der Waals surface area contributed by atoms with E-state index in [2.05, 4.69) is 10.3 Å². The lowest BCUT2D eigenvalue weighted by molar-refractivity contribution is 0.601. The Kier molecular flexibility index (Phi) is 3.27. The molecule has 7 heteroatoms. The number of halogens is 1. The summed E-state index contributed by atoms with van der Waals surface area (Å²) in [6, 6.07) is 5.53. The fourth-order valence-corrected chi connectivity index (χ4v) is 6.10. The maximum absolute atomic E-state index is 11.5. The first kappa shape index (κ1) is 13.3. The minimum atomic E-state index is -2.89. The average molecular weight is 317 g/mol. The maximum Gasteiger partial charge on any atom is 0.161 e. The highest BCUT2D eigenvalue weighted by molar-refractivity contribution is 8.15. The van der Waals surface area contributed by atoms with Gasteiger partial charge in [0.25, 0.3) is 0 Å². The Morgan fingerprint density at radius 1 is 1.42 bits per heavy atom. The summed E-state index contributed by atoms with van der Waals surface area (Å²) in [5.74, 6) is 0.399. The topological polar surface area (TPSA) is 58.5 Å². The Morgan fingerprint density at radius 3 is 2.95 bits per heavy atom. The predicted molar refractivity (Wildman–Crippen MR) is 81.1 cm³/mol. The number of thioether (sulfide) groups is 1. The molecule has 0 amide bonds. The van der Waals surface area contributed by atoms with Crippen LogP contribution in [0.3, 0.4) is 0 Å². The molecule has 0 radical (unpaired) electrons.